The van der Waals surface area contributed by atoms with Crippen LogP contribution in [-0.2, 0) is 10.0 Å². The van der Waals surface area contributed by atoms with Gasteiger partial charge in [-0.15, -0.1) is 0 Å². The average Bonchev–Trinajstić information content (AvgIpc) is 2.36. The van der Waals surface area contributed by atoms with E-state index in [9.17, 15) is 18.5 Å². The van der Waals surface area contributed by atoms with E-state index in [0.29, 0.717) is 6.42 Å². The highest BCUT2D eigenvalue weighted by molar-refractivity contribution is 7.89. The van der Waals surface area contributed by atoms with E-state index < -0.39 is 14.9 Å². The first kappa shape index (κ1) is 14.6. The highest BCUT2D eigenvalue weighted by atomic mass is 32.2. The van der Waals surface area contributed by atoms with Crippen LogP contribution >= 0.6 is 0 Å². The van der Waals surface area contributed by atoms with Gasteiger partial charge in [0.1, 0.15) is 0 Å². The molecule has 1 unspecified atom stereocenters. The Morgan fingerprint density at radius 3 is 2.72 bits per heavy atom. The van der Waals surface area contributed by atoms with Gasteiger partial charge in [0.05, 0.1) is 9.82 Å². The van der Waals surface area contributed by atoms with Crippen molar-refractivity contribution in [1.29, 1.82) is 0 Å². The summed E-state index contributed by atoms with van der Waals surface area (Å²) in [6, 6.07) is 4.59. The van der Waals surface area contributed by atoms with E-state index in [1.807, 2.05) is 6.92 Å². The molecule has 0 heterocycles. The van der Waals surface area contributed by atoms with Crippen molar-refractivity contribution in [2.75, 3.05) is 6.54 Å². The van der Waals surface area contributed by atoms with Gasteiger partial charge in [0, 0.05) is 24.7 Å². The van der Waals surface area contributed by atoms with Crippen molar-refractivity contribution in [1.82, 2.24) is 4.72 Å². The summed E-state index contributed by atoms with van der Waals surface area (Å²) in [5, 5.41) is 10.6. The van der Waals surface area contributed by atoms with Gasteiger partial charge in [-0.05, 0) is 12.5 Å². The van der Waals surface area contributed by atoms with E-state index in [-0.39, 0.29) is 23.2 Å². The minimum absolute atomic E-state index is 0.0987. The van der Waals surface area contributed by atoms with Crippen LogP contribution in [0.3, 0.4) is 0 Å². The molecule has 0 fully saturated rings. The maximum Gasteiger partial charge on any atom is 0.270 e. The zero-order valence-electron chi connectivity index (χ0n) is 9.87. The SMILES string of the molecule is CCC(N)CNS(=O)(=O)c1cccc([N+](=O)[O-])c1. The van der Waals surface area contributed by atoms with Crippen molar-refractivity contribution < 1.29 is 13.3 Å². The number of benzene rings is 1. The van der Waals surface area contributed by atoms with Gasteiger partial charge >= 0.3 is 0 Å². The van der Waals surface area contributed by atoms with Crippen LogP contribution in [0.5, 0.6) is 0 Å². The molecule has 3 N–H and O–H groups in total. The third-order valence-corrected chi connectivity index (χ3v) is 3.82. The van der Waals surface area contributed by atoms with Gasteiger partial charge in [-0.3, -0.25) is 10.1 Å². The van der Waals surface area contributed by atoms with E-state index in [4.69, 9.17) is 5.73 Å². The highest BCUT2D eigenvalue weighted by Crippen LogP contribution is 2.16. The number of nitrogens with zero attached hydrogens (tertiary/aromatic N) is 1. The predicted molar refractivity (Wildman–Crippen MR) is 66.6 cm³/mol. The maximum atomic E-state index is 11.8. The van der Waals surface area contributed by atoms with E-state index in [0.717, 1.165) is 6.07 Å². The summed E-state index contributed by atoms with van der Waals surface area (Å²) in [6.07, 6.45) is 0.636. The second-order valence-corrected chi connectivity index (χ2v) is 5.54. The van der Waals surface area contributed by atoms with Gasteiger partial charge in [-0.2, -0.15) is 0 Å². The van der Waals surface area contributed by atoms with Crippen molar-refractivity contribution in [2.24, 2.45) is 5.73 Å². The molecule has 0 bridgehead atoms. The van der Waals surface area contributed by atoms with E-state index in [1.54, 1.807) is 0 Å². The molecule has 1 atom stereocenters. The van der Waals surface area contributed by atoms with E-state index in [1.165, 1.54) is 18.2 Å². The quantitative estimate of drug-likeness (QED) is 0.582. The normalized spacial score (nSPS) is 13.2. The molecule has 0 aliphatic heterocycles. The van der Waals surface area contributed by atoms with E-state index >= 15 is 0 Å². The molecule has 7 nitrogen and oxygen atoms in total. The van der Waals surface area contributed by atoms with Crippen LogP contribution in [0.25, 0.3) is 0 Å². The Morgan fingerprint density at radius 1 is 1.50 bits per heavy atom. The fraction of sp³-hybridized carbons (Fsp3) is 0.400. The fourth-order valence-corrected chi connectivity index (χ4v) is 2.34. The summed E-state index contributed by atoms with van der Waals surface area (Å²) in [6.45, 7) is 1.94. The molecule has 0 radical (unpaired) electrons. The van der Waals surface area contributed by atoms with Crippen LogP contribution in [0.4, 0.5) is 5.69 Å². The smallest absolute Gasteiger partial charge is 0.270 e. The molecule has 1 aromatic carbocycles. The lowest BCUT2D eigenvalue weighted by Crippen LogP contribution is -2.36. The van der Waals surface area contributed by atoms with Crippen LogP contribution in [0.1, 0.15) is 13.3 Å². The van der Waals surface area contributed by atoms with Gasteiger partial charge in [0.15, 0.2) is 0 Å². The lowest BCUT2D eigenvalue weighted by atomic mass is 10.2. The third-order valence-electron chi connectivity index (χ3n) is 2.40. The molecule has 0 saturated heterocycles. The maximum absolute atomic E-state index is 11.8. The zero-order valence-corrected chi connectivity index (χ0v) is 10.7. The van der Waals surface area contributed by atoms with Crippen LogP contribution < -0.4 is 10.5 Å². The Kier molecular flexibility index (Phi) is 4.76. The van der Waals surface area contributed by atoms with Crippen LogP contribution in [0, 0.1) is 10.1 Å². The summed E-state index contributed by atoms with van der Waals surface area (Å²) < 4.78 is 26.0. The first-order valence-electron chi connectivity index (χ1n) is 5.36. The third kappa shape index (κ3) is 3.76. The lowest BCUT2D eigenvalue weighted by Gasteiger charge is -2.10. The van der Waals surface area contributed by atoms with Gasteiger partial charge in [0.2, 0.25) is 10.0 Å². The molecule has 0 aromatic heterocycles. The predicted octanol–water partition coefficient (Wildman–Crippen LogP) is 0.610. The van der Waals surface area contributed by atoms with Crippen LogP contribution in [0.2, 0.25) is 0 Å². The largest absolute Gasteiger partial charge is 0.327 e. The summed E-state index contributed by atoms with van der Waals surface area (Å²) in [5.74, 6) is 0. The second kappa shape index (κ2) is 5.89. The van der Waals surface area contributed by atoms with Gasteiger partial charge in [-0.25, -0.2) is 13.1 Å². The Hall–Kier alpha value is -1.51. The molecule has 0 aliphatic rings. The molecular weight excluding hydrogens is 258 g/mol. The number of nitrogens with two attached hydrogens (primary N) is 1. The van der Waals surface area contributed by atoms with Gasteiger partial charge in [-0.1, -0.05) is 13.0 Å². The number of non-ortho nitro benzene ring substituents is 1. The molecule has 1 aromatic rings. The fourth-order valence-electron chi connectivity index (χ4n) is 1.21. The number of rotatable bonds is 6. The molecule has 0 saturated carbocycles. The summed E-state index contributed by atoms with van der Waals surface area (Å²) >= 11 is 0. The average molecular weight is 273 g/mol. The molecule has 8 heteroatoms. The number of nitro groups is 1. The Labute approximate surface area is 105 Å². The first-order valence-corrected chi connectivity index (χ1v) is 6.85. The Bertz CT molecular complexity index is 530. The van der Waals surface area contributed by atoms with Crippen LogP contribution in [-0.4, -0.2) is 25.9 Å². The summed E-state index contributed by atoms with van der Waals surface area (Å²) in [4.78, 5) is 9.78. The summed E-state index contributed by atoms with van der Waals surface area (Å²) in [7, 11) is -3.76. The lowest BCUT2D eigenvalue weighted by molar-refractivity contribution is -0.385. The van der Waals surface area contributed by atoms with Crippen molar-refractivity contribution >= 4 is 15.7 Å². The molecule has 1 rings (SSSR count). The van der Waals surface area contributed by atoms with Crippen molar-refractivity contribution in [3.63, 3.8) is 0 Å². The monoisotopic (exact) mass is 273 g/mol. The highest BCUT2D eigenvalue weighted by Gasteiger charge is 2.17. The molecule has 100 valence electrons. The molecule has 0 amide bonds. The van der Waals surface area contributed by atoms with Crippen molar-refractivity contribution in [2.45, 2.75) is 24.3 Å². The topological polar surface area (TPSA) is 115 Å². The molecule has 18 heavy (non-hydrogen) atoms. The number of nitro benzene ring substituents is 1. The molecular formula is C10H15N3O4S. The van der Waals surface area contributed by atoms with Crippen LogP contribution in [0.15, 0.2) is 29.2 Å². The minimum Gasteiger partial charge on any atom is -0.327 e. The van der Waals surface area contributed by atoms with E-state index in [2.05, 4.69) is 4.72 Å². The van der Waals surface area contributed by atoms with Crippen molar-refractivity contribution in [3.8, 4) is 0 Å². The van der Waals surface area contributed by atoms with Crippen molar-refractivity contribution in [3.05, 3.63) is 34.4 Å². The first-order chi connectivity index (χ1) is 8.36. The number of nitrogens with one attached hydrogen (secondary N) is 1. The minimum atomic E-state index is -3.76. The number of hydrogen-bond acceptors (Lipinski definition) is 5. The number of sulfonamides is 1. The molecule has 0 spiro atoms. The zero-order chi connectivity index (χ0) is 13.8. The van der Waals surface area contributed by atoms with Gasteiger partial charge in [0.25, 0.3) is 5.69 Å². The Balaban J connectivity index is 2.91. The Morgan fingerprint density at radius 2 is 2.17 bits per heavy atom. The second-order valence-electron chi connectivity index (χ2n) is 3.77. The summed E-state index contributed by atoms with van der Waals surface area (Å²) in [5.41, 5.74) is 5.34. The molecule has 0 aliphatic carbocycles. The number of hydrogen-bond donors (Lipinski definition) is 2. The van der Waals surface area contributed by atoms with Gasteiger partial charge < -0.3 is 5.73 Å². The standard InChI is InChI=1S/C10H15N3O4S/c1-2-8(11)7-12-18(16,17)10-5-3-4-9(6-10)13(14)15/h3-6,8,12H,2,7,11H2,1H3.